The molecule has 1 aromatic rings. The molecule has 0 bridgehead atoms. The highest BCUT2D eigenvalue weighted by atomic mass is 35.5. The summed E-state index contributed by atoms with van der Waals surface area (Å²) in [6.45, 7) is 3.53. The zero-order valence-electron chi connectivity index (χ0n) is 15.2. The molecule has 1 saturated heterocycles. The number of benzene rings is 1. The Balaban J connectivity index is 2.03. The number of rotatable bonds is 6. The van der Waals surface area contributed by atoms with E-state index in [1.807, 2.05) is 11.0 Å². The van der Waals surface area contributed by atoms with Crippen molar-refractivity contribution in [3.8, 4) is 6.07 Å². The number of sulfonamides is 1. The van der Waals surface area contributed by atoms with E-state index in [0.29, 0.717) is 19.6 Å². The molecule has 27 heavy (non-hydrogen) atoms. The Morgan fingerprint density at radius 3 is 2.52 bits per heavy atom. The summed E-state index contributed by atoms with van der Waals surface area (Å²) in [7, 11) is -2.09. The first-order valence-electron chi connectivity index (χ1n) is 8.50. The Labute approximate surface area is 170 Å². The smallest absolute Gasteiger partial charge is 0.244 e. The van der Waals surface area contributed by atoms with Gasteiger partial charge in [-0.2, -0.15) is 9.57 Å². The van der Waals surface area contributed by atoms with E-state index in [-0.39, 0.29) is 46.4 Å². The molecule has 1 unspecified atom stereocenters. The van der Waals surface area contributed by atoms with Crippen LogP contribution >= 0.6 is 23.2 Å². The van der Waals surface area contributed by atoms with Crippen molar-refractivity contribution in [2.45, 2.75) is 24.3 Å². The van der Waals surface area contributed by atoms with Crippen molar-refractivity contribution in [1.82, 2.24) is 14.1 Å². The number of nitriles is 1. The van der Waals surface area contributed by atoms with E-state index in [0.717, 1.165) is 0 Å². The summed E-state index contributed by atoms with van der Waals surface area (Å²) in [5.74, 6) is -0.0838. The van der Waals surface area contributed by atoms with Gasteiger partial charge in [-0.1, -0.05) is 29.3 Å². The van der Waals surface area contributed by atoms with E-state index in [9.17, 15) is 13.2 Å². The monoisotopic (exact) mass is 432 g/mol. The number of piperazine rings is 1. The van der Waals surface area contributed by atoms with Gasteiger partial charge >= 0.3 is 0 Å². The predicted molar refractivity (Wildman–Crippen MR) is 104 cm³/mol. The van der Waals surface area contributed by atoms with Gasteiger partial charge in [0.25, 0.3) is 0 Å². The summed E-state index contributed by atoms with van der Waals surface area (Å²) in [5, 5.41) is 8.85. The summed E-state index contributed by atoms with van der Waals surface area (Å²) in [6.07, 6.45) is 0.279. The minimum atomic E-state index is -3.75. The van der Waals surface area contributed by atoms with Crippen LogP contribution in [0.1, 0.15) is 13.3 Å². The molecule has 1 aliphatic rings. The number of nitrogens with zero attached hydrogens (tertiary/aromatic N) is 4. The van der Waals surface area contributed by atoms with Gasteiger partial charge in [-0.15, -0.1) is 0 Å². The first-order valence-corrected chi connectivity index (χ1v) is 10.7. The Morgan fingerprint density at radius 1 is 1.30 bits per heavy atom. The number of likely N-dealkylation sites (N-methyl/N-ethyl adjacent to an activating group) is 1. The molecular formula is C17H22Cl2N4O3S. The summed E-state index contributed by atoms with van der Waals surface area (Å²) in [5.41, 5.74) is 0. The second kappa shape index (κ2) is 9.22. The van der Waals surface area contributed by atoms with Crippen LogP contribution in [-0.4, -0.2) is 74.2 Å². The summed E-state index contributed by atoms with van der Waals surface area (Å²) in [4.78, 5) is 15.9. The van der Waals surface area contributed by atoms with Crippen LogP contribution in [0.3, 0.4) is 0 Å². The zero-order chi connectivity index (χ0) is 20.2. The highest BCUT2D eigenvalue weighted by Gasteiger charge is 2.33. The molecule has 10 heteroatoms. The molecule has 0 N–H and O–H groups in total. The summed E-state index contributed by atoms with van der Waals surface area (Å²) < 4.78 is 27.1. The minimum absolute atomic E-state index is 0.00882. The fourth-order valence-corrected chi connectivity index (χ4v) is 5.11. The molecule has 0 saturated carbocycles. The standard InChI is InChI=1S/C17H22Cl2N4O3S/c1-13(17(24)21(2)8-4-7-20)22-9-11-23(12-10-22)27(25,26)15-6-3-5-14(18)16(15)19/h3,5-6,13H,4,8-12H2,1-2H3. The molecule has 1 aliphatic heterocycles. The number of hydrogen-bond acceptors (Lipinski definition) is 5. The Morgan fingerprint density at radius 2 is 1.93 bits per heavy atom. The van der Waals surface area contributed by atoms with Crippen LogP contribution < -0.4 is 0 Å². The van der Waals surface area contributed by atoms with E-state index in [4.69, 9.17) is 28.5 Å². The lowest BCUT2D eigenvalue weighted by Gasteiger charge is -2.37. The Hall–Kier alpha value is -1.37. The third-order valence-corrected chi connectivity index (χ3v) is 7.52. The van der Waals surface area contributed by atoms with Gasteiger partial charge in [0.1, 0.15) is 4.90 Å². The van der Waals surface area contributed by atoms with Crippen molar-refractivity contribution in [3.63, 3.8) is 0 Å². The van der Waals surface area contributed by atoms with Gasteiger partial charge in [-0.3, -0.25) is 9.69 Å². The average molecular weight is 433 g/mol. The molecule has 0 aliphatic carbocycles. The quantitative estimate of drug-likeness (QED) is 0.686. The second-order valence-electron chi connectivity index (χ2n) is 6.34. The molecule has 1 amide bonds. The van der Waals surface area contributed by atoms with Crippen LogP contribution in [0, 0.1) is 11.3 Å². The molecular weight excluding hydrogens is 411 g/mol. The van der Waals surface area contributed by atoms with Crippen molar-refractivity contribution >= 4 is 39.1 Å². The Bertz CT molecular complexity index is 833. The number of carbonyl (C=O) groups excluding carboxylic acids is 1. The van der Waals surface area contributed by atoms with Gasteiger partial charge in [-0.05, 0) is 19.1 Å². The highest BCUT2D eigenvalue weighted by molar-refractivity contribution is 7.89. The SMILES string of the molecule is CC(C(=O)N(C)CCC#N)N1CCN(S(=O)(=O)c2cccc(Cl)c2Cl)CC1. The fourth-order valence-electron chi connectivity index (χ4n) is 2.96. The average Bonchev–Trinajstić information content (AvgIpc) is 2.66. The summed E-state index contributed by atoms with van der Waals surface area (Å²) in [6, 6.07) is 6.16. The number of hydrogen-bond donors (Lipinski definition) is 0. The topological polar surface area (TPSA) is 84.7 Å². The van der Waals surface area contributed by atoms with Crippen LogP contribution in [0.15, 0.2) is 23.1 Å². The molecule has 0 aromatic heterocycles. The number of halogens is 2. The molecule has 1 aromatic carbocycles. The molecule has 2 rings (SSSR count). The Kier molecular flexibility index (Phi) is 7.48. The van der Waals surface area contributed by atoms with E-state index >= 15 is 0 Å². The highest BCUT2D eigenvalue weighted by Crippen LogP contribution is 2.31. The van der Waals surface area contributed by atoms with Crippen molar-refractivity contribution in [2.24, 2.45) is 0 Å². The first kappa shape index (κ1) is 21.9. The fraction of sp³-hybridized carbons (Fsp3) is 0.529. The maximum atomic E-state index is 12.9. The molecule has 1 fully saturated rings. The van der Waals surface area contributed by atoms with Gasteiger partial charge in [0.15, 0.2) is 0 Å². The normalized spacial score (nSPS) is 17.3. The van der Waals surface area contributed by atoms with Crippen LogP contribution in [0.2, 0.25) is 10.0 Å². The predicted octanol–water partition coefficient (Wildman–Crippen LogP) is 2.06. The first-order chi connectivity index (χ1) is 12.7. The van der Waals surface area contributed by atoms with Crippen molar-refractivity contribution in [1.29, 1.82) is 5.26 Å². The van der Waals surface area contributed by atoms with Gasteiger partial charge < -0.3 is 4.90 Å². The third-order valence-electron chi connectivity index (χ3n) is 4.65. The molecule has 1 heterocycles. The zero-order valence-corrected chi connectivity index (χ0v) is 17.6. The number of carbonyl (C=O) groups is 1. The van der Waals surface area contributed by atoms with Crippen molar-refractivity contribution < 1.29 is 13.2 Å². The van der Waals surface area contributed by atoms with Gasteiger partial charge in [-0.25, -0.2) is 8.42 Å². The van der Waals surface area contributed by atoms with E-state index < -0.39 is 10.0 Å². The van der Waals surface area contributed by atoms with Crippen molar-refractivity contribution in [3.05, 3.63) is 28.2 Å². The van der Waals surface area contributed by atoms with Gasteiger partial charge in [0.05, 0.1) is 28.6 Å². The molecule has 7 nitrogen and oxygen atoms in total. The lowest BCUT2D eigenvalue weighted by molar-refractivity contribution is -0.135. The van der Waals surface area contributed by atoms with Gasteiger partial charge in [0.2, 0.25) is 15.9 Å². The van der Waals surface area contributed by atoms with Crippen LogP contribution in [0.4, 0.5) is 0 Å². The largest absolute Gasteiger partial charge is 0.343 e. The van der Waals surface area contributed by atoms with E-state index in [2.05, 4.69) is 0 Å². The maximum Gasteiger partial charge on any atom is 0.244 e. The van der Waals surface area contributed by atoms with Crippen LogP contribution in [-0.2, 0) is 14.8 Å². The molecule has 0 radical (unpaired) electrons. The van der Waals surface area contributed by atoms with Crippen LogP contribution in [0.5, 0.6) is 0 Å². The van der Waals surface area contributed by atoms with E-state index in [1.54, 1.807) is 20.0 Å². The lowest BCUT2D eigenvalue weighted by Crippen LogP contribution is -2.55. The lowest BCUT2D eigenvalue weighted by atomic mass is 10.2. The van der Waals surface area contributed by atoms with E-state index in [1.165, 1.54) is 21.3 Å². The van der Waals surface area contributed by atoms with Gasteiger partial charge in [0, 0.05) is 39.8 Å². The maximum absolute atomic E-state index is 12.9. The third kappa shape index (κ3) is 4.92. The minimum Gasteiger partial charge on any atom is -0.343 e. The molecule has 0 spiro atoms. The van der Waals surface area contributed by atoms with Crippen LogP contribution in [0.25, 0.3) is 0 Å². The molecule has 1 atom stereocenters. The number of amides is 1. The second-order valence-corrected chi connectivity index (χ2v) is 9.03. The summed E-state index contributed by atoms with van der Waals surface area (Å²) >= 11 is 12.0. The molecule has 148 valence electrons. The van der Waals surface area contributed by atoms with Crippen molar-refractivity contribution in [2.75, 3.05) is 39.8 Å².